The molecule has 0 aromatic heterocycles. The van der Waals surface area contributed by atoms with Crippen molar-refractivity contribution in [2.45, 2.75) is 25.8 Å². The van der Waals surface area contributed by atoms with E-state index in [1.54, 1.807) is 6.92 Å². The van der Waals surface area contributed by atoms with Crippen LogP contribution in [0.5, 0.6) is 0 Å². The molecule has 0 fully saturated rings. The Balaban J connectivity index is 1.62. The van der Waals surface area contributed by atoms with Crippen LogP contribution in [0.15, 0.2) is 95.9 Å². The Labute approximate surface area is 188 Å². The molecule has 5 heteroatoms. The Morgan fingerprint density at radius 3 is 2.16 bits per heavy atom. The minimum Gasteiger partial charge on any atom is -0.463 e. The SMILES string of the molecule is CCOC(=O)C1=C(C)N(C)[C@@H]2C=CC(OC(=O)C(c3ccccc3)c3ccccc3)=C[C@@H]12. The number of nitrogens with zero attached hydrogens (tertiary/aromatic N) is 1. The van der Waals surface area contributed by atoms with Crippen LogP contribution in [-0.2, 0) is 19.1 Å². The van der Waals surface area contributed by atoms with Crippen molar-refractivity contribution >= 4 is 11.9 Å². The van der Waals surface area contributed by atoms with Crippen LogP contribution >= 0.6 is 0 Å². The van der Waals surface area contributed by atoms with Gasteiger partial charge < -0.3 is 14.4 Å². The number of likely N-dealkylation sites (N-methyl/N-ethyl adjacent to an activating group) is 1. The molecule has 2 atom stereocenters. The highest BCUT2D eigenvalue weighted by Crippen LogP contribution is 2.39. The molecule has 1 heterocycles. The third kappa shape index (κ3) is 4.11. The van der Waals surface area contributed by atoms with Gasteiger partial charge in [-0.25, -0.2) is 4.79 Å². The standard InChI is InChI=1S/C27H27NO4/c1-4-31-26(29)24-18(2)28(3)23-16-15-21(17-22(23)24)32-27(30)25(19-11-7-5-8-12-19)20-13-9-6-10-14-20/h5-17,22-23,25H,4H2,1-3H3/t22-,23-/m1/s1. The van der Waals surface area contributed by atoms with Crippen molar-refractivity contribution in [1.82, 2.24) is 4.90 Å². The Bertz CT molecular complexity index is 1050. The molecule has 32 heavy (non-hydrogen) atoms. The number of carbonyl (C=O) groups is 2. The Morgan fingerprint density at radius 2 is 1.59 bits per heavy atom. The molecule has 2 aromatic rings. The summed E-state index contributed by atoms with van der Waals surface area (Å²) < 4.78 is 11.2. The second-order valence-corrected chi connectivity index (χ2v) is 7.95. The van der Waals surface area contributed by atoms with Crippen LogP contribution in [0.3, 0.4) is 0 Å². The molecular weight excluding hydrogens is 402 g/mol. The van der Waals surface area contributed by atoms with Crippen molar-refractivity contribution in [2.75, 3.05) is 13.7 Å². The van der Waals surface area contributed by atoms with Crippen LogP contribution < -0.4 is 0 Å². The molecule has 5 nitrogen and oxygen atoms in total. The summed E-state index contributed by atoms with van der Waals surface area (Å²) in [6.45, 7) is 4.02. The number of carbonyl (C=O) groups excluding carboxylic acids is 2. The molecule has 0 radical (unpaired) electrons. The fraction of sp³-hybridized carbons (Fsp3) is 0.259. The third-order valence-corrected chi connectivity index (χ3v) is 6.08. The number of hydrogen-bond acceptors (Lipinski definition) is 5. The van der Waals surface area contributed by atoms with E-state index in [2.05, 4.69) is 4.90 Å². The number of hydrogen-bond donors (Lipinski definition) is 0. The lowest BCUT2D eigenvalue weighted by Gasteiger charge is -2.27. The van der Waals surface area contributed by atoms with Gasteiger partial charge in [0.15, 0.2) is 0 Å². The molecule has 2 aliphatic rings. The van der Waals surface area contributed by atoms with Crippen LogP contribution in [0, 0.1) is 5.92 Å². The number of ether oxygens (including phenoxy) is 2. The fourth-order valence-electron chi connectivity index (χ4n) is 4.41. The smallest absolute Gasteiger partial charge is 0.336 e. The molecule has 4 rings (SSSR count). The lowest BCUT2D eigenvalue weighted by atomic mass is 9.89. The quantitative estimate of drug-likeness (QED) is 0.629. The molecule has 0 unspecified atom stereocenters. The molecule has 0 bridgehead atoms. The molecule has 0 amide bonds. The molecule has 1 aliphatic heterocycles. The summed E-state index contributed by atoms with van der Waals surface area (Å²) in [5.41, 5.74) is 3.22. The zero-order valence-corrected chi connectivity index (χ0v) is 18.5. The van der Waals surface area contributed by atoms with Crippen LogP contribution in [0.4, 0.5) is 0 Å². The van der Waals surface area contributed by atoms with Gasteiger partial charge in [0.25, 0.3) is 0 Å². The van der Waals surface area contributed by atoms with E-state index >= 15 is 0 Å². The van der Waals surface area contributed by atoms with Crippen LogP contribution in [0.1, 0.15) is 30.9 Å². The van der Waals surface area contributed by atoms with E-state index in [1.165, 1.54) is 0 Å². The van der Waals surface area contributed by atoms with Gasteiger partial charge >= 0.3 is 11.9 Å². The number of benzene rings is 2. The highest BCUT2D eigenvalue weighted by Gasteiger charge is 2.40. The number of rotatable bonds is 6. The Hall–Kier alpha value is -3.60. The lowest BCUT2D eigenvalue weighted by molar-refractivity contribution is -0.140. The van der Waals surface area contributed by atoms with Gasteiger partial charge in [-0.05, 0) is 37.1 Å². The summed E-state index contributed by atoms with van der Waals surface area (Å²) in [6, 6.07) is 19.2. The summed E-state index contributed by atoms with van der Waals surface area (Å²) in [5, 5.41) is 0. The number of allylic oxidation sites excluding steroid dienone is 2. The van der Waals surface area contributed by atoms with Crippen molar-refractivity contribution in [2.24, 2.45) is 5.92 Å². The van der Waals surface area contributed by atoms with E-state index in [-0.39, 0.29) is 23.9 Å². The topological polar surface area (TPSA) is 55.8 Å². The average molecular weight is 430 g/mol. The van der Waals surface area contributed by atoms with Crippen molar-refractivity contribution < 1.29 is 19.1 Å². The van der Waals surface area contributed by atoms with Gasteiger partial charge in [-0.2, -0.15) is 0 Å². The van der Waals surface area contributed by atoms with Gasteiger partial charge in [0.05, 0.1) is 18.2 Å². The second kappa shape index (κ2) is 9.27. The van der Waals surface area contributed by atoms with Gasteiger partial charge in [-0.1, -0.05) is 66.7 Å². The predicted octanol–water partition coefficient (Wildman–Crippen LogP) is 4.58. The molecule has 0 saturated carbocycles. The maximum atomic E-state index is 13.3. The van der Waals surface area contributed by atoms with Crippen molar-refractivity contribution in [3.63, 3.8) is 0 Å². The van der Waals surface area contributed by atoms with Gasteiger partial charge in [-0.15, -0.1) is 0 Å². The summed E-state index contributed by atoms with van der Waals surface area (Å²) in [6.07, 6.45) is 5.64. The predicted molar refractivity (Wildman–Crippen MR) is 122 cm³/mol. The van der Waals surface area contributed by atoms with E-state index in [0.717, 1.165) is 16.8 Å². The first-order chi connectivity index (χ1) is 15.5. The largest absolute Gasteiger partial charge is 0.463 e. The van der Waals surface area contributed by atoms with Gasteiger partial charge in [0.1, 0.15) is 11.7 Å². The number of fused-ring (bicyclic) bond motifs is 1. The van der Waals surface area contributed by atoms with Crippen LogP contribution in [0.25, 0.3) is 0 Å². The monoisotopic (exact) mass is 429 g/mol. The minimum atomic E-state index is -0.544. The zero-order chi connectivity index (χ0) is 22.7. The van der Waals surface area contributed by atoms with E-state index in [1.807, 2.05) is 92.9 Å². The van der Waals surface area contributed by atoms with Crippen LogP contribution in [0.2, 0.25) is 0 Å². The molecule has 0 saturated heterocycles. The zero-order valence-electron chi connectivity index (χ0n) is 18.5. The van der Waals surface area contributed by atoms with Gasteiger partial charge in [-0.3, -0.25) is 4.79 Å². The summed E-state index contributed by atoms with van der Waals surface area (Å²) in [5.74, 6) is -1.01. The van der Waals surface area contributed by atoms with Crippen LogP contribution in [-0.4, -0.2) is 36.5 Å². The van der Waals surface area contributed by atoms with E-state index in [9.17, 15) is 9.59 Å². The third-order valence-electron chi connectivity index (χ3n) is 6.08. The van der Waals surface area contributed by atoms with Gasteiger partial charge in [0, 0.05) is 18.7 Å². The summed E-state index contributed by atoms with van der Waals surface area (Å²) in [4.78, 5) is 28.0. The molecule has 0 spiro atoms. The maximum absolute atomic E-state index is 13.3. The second-order valence-electron chi connectivity index (χ2n) is 7.95. The van der Waals surface area contributed by atoms with Crippen molar-refractivity contribution in [3.05, 3.63) is 107 Å². The fourth-order valence-corrected chi connectivity index (χ4v) is 4.41. The first kappa shape index (κ1) is 21.6. The molecular formula is C27H27NO4. The van der Waals surface area contributed by atoms with E-state index in [0.29, 0.717) is 17.9 Å². The first-order valence-electron chi connectivity index (χ1n) is 10.8. The summed E-state index contributed by atoms with van der Waals surface area (Å²) in [7, 11) is 1.95. The number of esters is 2. The first-order valence-corrected chi connectivity index (χ1v) is 10.8. The molecule has 164 valence electrons. The molecule has 1 aliphatic carbocycles. The molecule has 2 aromatic carbocycles. The molecule has 0 N–H and O–H groups in total. The highest BCUT2D eigenvalue weighted by atomic mass is 16.5. The van der Waals surface area contributed by atoms with E-state index in [4.69, 9.17) is 9.47 Å². The maximum Gasteiger partial charge on any atom is 0.336 e. The lowest BCUT2D eigenvalue weighted by Crippen LogP contribution is -2.30. The van der Waals surface area contributed by atoms with Crippen molar-refractivity contribution in [3.8, 4) is 0 Å². The minimum absolute atomic E-state index is 0.00379. The van der Waals surface area contributed by atoms with Gasteiger partial charge in [0.2, 0.25) is 0 Å². The Kier molecular flexibility index (Phi) is 6.26. The Morgan fingerprint density at radius 1 is 1.00 bits per heavy atom. The summed E-state index contributed by atoms with van der Waals surface area (Å²) >= 11 is 0. The normalized spacial score (nSPS) is 19.6. The van der Waals surface area contributed by atoms with E-state index < -0.39 is 5.92 Å². The van der Waals surface area contributed by atoms with Crippen molar-refractivity contribution in [1.29, 1.82) is 0 Å². The highest BCUT2D eigenvalue weighted by molar-refractivity contribution is 5.91. The average Bonchev–Trinajstić information content (AvgIpc) is 3.05.